The topological polar surface area (TPSA) is 55.6 Å². The molecular formula is C11H14BrN5. The minimum absolute atomic E-state index is 0.176. The predicted molar refractivity (Wildman–Crippen MR) is 68.4 cm³/mol. The third kappa shape index (κ3) is 2.89. The predicted octanol–water partition coefficient (Wildman–Crippen LogP) is 1.48. The zero-order valence-corrected chi connectivity index (χ0v) is 11.3. The smallest absolute Gasteiger partial charge is 0.176 e. The molecule has 1 unspecified atom stereocenters. The van der Waals surface area contributed by atoms with Crippen LogP contribution in [0.5, 0.6) is 0 Å². The second-order valence-corrected chi connectivity index (χ2v) is 4.62. The molecule has 1 heterocycles. The maximum Gasteiger partial charge on any atom is 0.176 e. The van der Waals surface area contributed by atoms with E-state index in [1.54, 1.807) is 7.05 Å². The first kappa shape index (κ1) is 12.2. The molecule has 2 aromatic rings. The van der Waals surface area contributed by atoms with E-state index >= 15 is 0 Å². The van der Waals surface area contributed by atoms with Gasteiger partial charge in [-0.3, -0.25) is 0 Å². The lowest BCUT2D eigenvalue weighted by molar-refractivity contribution is 0.568. The highest BCUT2D eigenvalue weighted by molar-refractivity contribution is 9.10. The fourth-order valence-electron chi connectivity index (χ4n) is 1.71. The van der Waals surface area contributed by atoms with Gasteiger partial charge in [-0.2, -0.15) is 4.80 Å². The zero-order chi connectivity index (χ0) is 12.3. The van der Waals surface area contributed by atoms with Gasteiger partial charge in [0.05, 0.1) is 7.05 Å². The highest BCUT2D eigenvalue weighted by Crippen LogP contribution is 2.24. The van der Waals surface area contributed by atoms with Crippen molar-refractivity contribution in [2.24, 2.45) is 7.05 Å². The highest BCUT2D eigenvalue weighted by Gasteiger charge is 2.15. The summed E-state index contributed by atoms with van der Waals surface area (Å²) in [5.74, 6) is 0.739. The minimum Gasteiger partial charge on any atom is -0.313 e. The van der Waals surface area contributed by atoms with Gasteiger partial charge in [-0.1, -0.05) is 34.1 Å². The molecule has 0 saturated carbocycles. The Balaban J connectivity index is 2.20. The third-order valence-electron chi connectivity index (χ3n) is 2.57. The number of aryl methyl sites for hydroxylation is 1. The van der Waals surface area contributed by atoms with E-state index in [1.807, 2.05) is 25.2 Å². The monoisotopic (exact) mass is 295 g/mol. The third-order valence-corrected chi connectivity index (χ3v) is 3.29. The molecule has 1 atom stereocenters. The van der Waals surface area contributed by atoms with Gasteiger partial charge >= 0.3 is 0 Å². The first-order valence-corrected chi connectivity index (χ1v) is 6.14. The van der Waals surface area contributed by atoms with Crippen molar-refractivity contribution in [1.82, 2.24) is 25.5 Å². The molecule has 90 valence electrons. The van der Waals surface area contributed by atoms with Crippen LogP contribution in [0, 0.1) is 0 Å². The number of halogens is 1. The molecule has 5 nitrogen and oxygen atoms in total. The summed E-state index contributed by atoms with van der Waals surface area (Å²) in [6.07, 6.45) is 0.715. The van der Waals surface area contributed by atoms with Crippen LogP contribution in [0.4, 0.5) is 0 Å². The van der Waals surface area contributed by atoms with E-state index in [2.05, 4.69) is 42.7 Å². The van der Waals surface area contributed by atoms with Crippen LogP contribution in [0.25, 0.3) is 0 Å². The maximum atomic E-state index is 4.19. The van der Waals surface area contributed by atoms with E-state index in [4.69, 9.17) is 0 Å². The van der Waals surface area contributed by atoms with Gasteiger partial charge < -0.3 is 5.32 Å². The second kappa shape index (κ2) is 5.37. The van der Waals surface area contributed by atoms with E-state index < -0.39 is 0 Å². The van der Waals surface area contributed by atoms with Crippen molar-refractivity contribution in [2.75, 3.05) is 7.05 Å². The molecular weight excluding hydrogens is 282 g/mol. The van der Waals surface area contributed by atoms with E-state index in [0.717, 1.165) is 10.3 Å². The van der Waals surface area contributed by atoms with Gasteiger partial charge in [0.15, 0.2) is 5.82 Å². The van der Waals surface area contributed by atoms with Crippen molar-refractivity contribution in [2.45, 2.75) is 12.5 Å². The Labute approximate surface area is 108 Å². The number of aromatic nitrogens is 4. The first-order chi connectivity index (χ1) is 8.20. The van der Waals surface area contributed by atoms with Crippen LogP contribution in [0.2, 0.25) is 0 Å². The van der Waals surface area contributed by atoms with Gasteiger partial charge in [0.25, 0.3) is 0 Å². The number of rotatable bonds is 4. The van der Waals surface area contributed by atoms with Crippen molar-refractivity contribution < 1.29 is 0 Å². The maximum absolute atomic E-state index is 4.19. The minimum atomic E-state index is 0.176. The SMILES string of the molecule is CNC(Cc1nnn(C)n1)c1ccccc1Br. The number of nitrogens with zero attached hydrogens (tertiary/aromatic N) is 4. The van der Waals surface area contributed by atoms with Gasteiger partial charge in [0, 0.05) is 16.9 Å². The summed E-state index contributed by atoms with van der Waals surface area (Å²) in [5, 5.41) is 15.3. The first-order valence-electron chi connectivity index (χ1n) is 5.35. The number of nitrogens with one attached hydrogen (secondary N) is 1. The Hall–Kier alpha value is -1.27. The molecule has 2 rings (SSSR count). The summed E-state index contributed by atoms with van der Waals surface area (Å²) >= 11 is 3.55. The molecule has 17 heavy (non-hydrogen) atoms. The Morgan fingerprint density at radius 1 is 1.41 bits per heavy atom. The van der Waals surface area contributed by atoms with Gasteiger partial charge in [0.2, 0.25) is 0 Å². The van der Waals surface area contributed by atoms with Gasteiger partial charge in [-0.25, -0.2) is 0 Å². The Bertz CT molecular complexity index is 496. The molecule has 0 aliphatic heterocycles. The summed E-state index contributed by atoms with van der Waals surface area (Å²) in [5.41, 5.74) is 1.20. The Kier molecular flexibility index (Phi) is 3.86. The van der Waals surface area contributed by atoms with Gasteiger partial charge in [-0.15, -0.1) is 10.2 Å². The average Bonchev–Trinajstić information content (AvgIpc) is 2.73. The molecule has 6 heteroatoms. The van der Waals surface area contributed by atoms with Crippen molar-refractivity contribution >= 4 is 15.9 Å². The van der Waals surface area contributed by atoms with E-state index in [1.165, 1.54) is 10.4 Å². The molecule has 1 aromatic carbocycles. The van der Waals surface area contributed by atoms with Gasteiger partial charge in [-0.05, 0) is 23.9 Å². The highest BCUT2D eigenvalue weighted by atomic mass is 79.9. The van der Waals surface area contributed by atoms with Crippen LogP contribution >= 0.6 is 15.9 Å². The molecule has 1 aromatic heterocycles. The zero-order valence-electron chi connectivity index (χ0n) is 9.76. The molecule has 0 spiro atoms. The quantitative estimate of drug-likeness (QED) is 0.928. The lowest BCUT2D eigenvalue weighted by Crippen LogP contribution is -2.20. The Morgan fingerprint density at radius 3 is 2.76 bits per heavy atom. The number of tetrazole rings is 1. The molecule has 0 bridgehead atoms. The summed E-state index contributed by atoms with van der Waals surface area (Å²) < 4.78 is 1.09. The fraction of sp³-hybridized carbons (Fsp3) is 0.364. The summed E-state index contributed by atoms with van der Waals surface area (Å²) in [4.78, 5) is 1.47. The number of hydrogen-bond donors (Lipinski definition) is 1. The second-order valence-electron chi connectivity index (χ2n) is 3.76. The number of benzene rings is 1. The van der Waals surface area contributed by atoms with Crippen LogP contribution in [0.15, 0.2) is 28.7 Å². The molecule has 0 fully saturated rings. The van der Waals surface area contributed by atoms with Crippen LogP contribution in [0.1, 0.15) is 17.4 Å². The molecule has 1 N–H and O–H groups in total. The largest absolute Gasteiger partial charge is 0.313 e. The molecule has 0 aliphatic rings. The lowest BCUT2D eigenvalue weighted by Gasteiger charge is -2.16. The summed E-state index contributed by atoms with van der Waals surface area (Å²) in [7, 11) is 3.70. The molecule has 0 aliphatic carbocycles. The van der Waals surface area contributed by atoms with Crippen molar-refractivity contribution in [1.29, 1.82) is 0 Å². The van der Waals surface area contributed by atoms with Crippen molar-refractivity contribution in [3.05, 3.63) is 40.1 Å². The van der Waals surface area contributed by atoms with Crippen LogP contribution in [0.3, 0.4) is 0 Å². The van der Waals surface area contributed by atoms with E-state index in [9.17, 15) is 0 Å². The molecule has 0 amide bonds. The number of hydrogen-bond acceptors (Lipinski definition) is 4. The molecule has 0 saturated heterocycles. The summed E-state index contributed by atoms with van der Waals surface area (Å²) in [6.45, 7) is 0. The molecule has 0 radical (unpaired) electrons. The van der Waals surface area contributed by atoms with Crippen LogP contribution in [-0.4, -0.2) is 27.3 Å². The van der Waals surface area contributed by atoms with Crippen molar-refractivity contribution in [3.63, 3.8) is 0 Å². The van der Waals surface area contributed by atoms with Crippen molar-refractivity contribution in [3.8, 4) is 0 Å². The normalized spacial score (nSPS) is 12.6. The van der Waals surface area contributed by atoms with Crippen LogP contribution < -0.4 is 5.32 Å². The number of likely N-dealkylation sites (N-methyl/N-ethyl adjacent to an activating group) is 1. The van der Waals surface area contributed by atoms with E-state index in [0.29, 0.717) is 6.42 Å². The lowest BCUT2D eigenvalue weighted by atomic mass is 10.0. The van der Waals surface area contributed by atoms with Gasteiger partial charge in [0.1, 0.15) is 0 Å². The standard InChI is InChI=1S/C11H14BrN5/c1-13-10(7-11-14-16-17(2)15-11)8-5-3-4-6-9(8)12/h3-6,10,13H,7H2,1-2H3. The van der Waals surface area contributed by atoms with E-state index in [-0.39, 0.29) is 6.04 Å². The Morgan fingerprint density at radius 2 is 2.18 bits per heavy atom. The fourth-order valence-corrected chi connectivity index (χ4v) is 2.27. The average molecular weight is 296 g/mol. The van der Waals surface area contributed by atoms with Crippen LogP contribution in [-0.2, 0) is 13.5 Å². The summed E-state index contributed by atoms with van der Waals surface area (Å²) in [6, 6.07) is 8.32.